The molecule has 1 saturated heterocycles. The quantitative estimate of drug-likeness (QED) is 0.624. The molecule has 1 amide bonds. The summed E-state index contributed by atoms with van der Waals surface area (Å²) < 4.78 is 14.3. The van der Waals surface area contributed by atoms with Crippen molar-refractivity contribution in [3.8, 4) is 0 Å². The summed E-state index contributed by atoms with van der Waals surface area (Å²) in [5, 5.41) is 3.94. The molecule has 1 atom stereocenters. The number of piperidine rings is 1. The highest BCUT2D eigenvalue weighted by atomic mass is 32.2. The third-order valence-electron chi connectivity index (χ3n) is 4.77. The van der Waals surface area contributed by atoms with Gasteiger partial charge in [-0.15, -0.1) is 11.8 Å². The molecule has 1 unspecified atom stereocenters. The van der Waals surface area contributed by atoms with Gasteiger partial charge >= 0.3 is 0 Å². The Morgan fingerprint density at radius 1 is 1.33 bits per heavy atom. The van der Waals surface area contributed by atoms with Crippen LogP contribution in [0.1, 0.15) is 12.8 Å². The molecule has 3 aromatic rings. The number of thioether (sulfide) groups is 1. The number of hydrogen-bond donors (Lipinski definition) is 1. The standard InChI is InChI=1S/C20H20FN3OS2/c1-26-17-7-3-2-6-15(17)22-19(25)13-5-4-10-24(12-13)20-23-16-9-8-14(21)11-18(16)27-20/h2-3,6-9,11,13H,4-5,10,12H2,1H3,(H,22,25). The van der Waals surface area contributed by atoms with Crippen molar-refractivity contribution in [2.24, 2.45) is 5.92 Å². The second kappa shape index (κ2) is 7.86. The lowest BCUT2D eigenvalue weighted by Gasteiger charge is -2.31. The smallest absolute Gasteiger partial charge is 0.229 e. The second-order valence-electron chi connectivity index (χ2n) is 6.58. The molecule has 0 spiro atoms. The number of carbonyl (C=O) groups is 1. The number of hydrogen-bond acceptors (Lipinski definition) is 5. The number of thiazole rings is 1. The summed E-state index contributed by atoms with van der Waals surface area (Å²) in [4.78, 5) is 20.7. The number of carbonyl (C=O) groups excluding carboxylic acids is 1. The summed E-state index contributed by atoms with van der Waals surface area (Å²) in [6.45, 7) is 1.50. The number of rotatable bonds is 4. The monoisotopic (exact) mass is 401 g/mol. The summed E-state index contributed by atoms with van der Waals surface area (Å²) in [5.41, 5.74) is 1.67. The Morgan fingerprint density at radius 3 is 3.04 bits per heavy atom. The maximum atomic E-state index is 13.4. The van der Waals surface area contributed by atoms with Crippen LogP contribution in [-0.4, -0.2) is 30.2 Å². The highest BCUT2D eigenvalue weighted by Crippen LogP contribution is 2.32. The number of fused-ring (bicyclic) bond motifs is 1. The number of aromatic nitrogens is 1. The van der Waals surface area contributed by atoms with E-state index < -0.39 is 0 Å². The molecule has 0 bridgehead atoms. The van der Waals surface area contributed by atoms with Crippen molar-refractivity contribution in [3.05, 3.63) is 48.3 Å². The Kier molecular flexibility index (Phi) is 5.31. The molecule has 4 rings (SSSR count). The van der Waals surface area contributed by atoms with E-state index in [1.54, 1.807) is 17.8 Å². The lowest BCUT2D eigenvalue weighted by atomic mass is 9.97. The molecule has 2 aromatic carbocycles. The second-order valence-corrected chi connectivity index (χ2v) is 8.44. The summed E-state index contributed by atoms with van der Waals surface area (Å²) in [7, 11) is 0. The van der Waals surface area contributed by atoms with Crippen LogP contribution in [0.2, 0.25) is 0 Å². The third kappa shape index (κ3) is 3.94. The minimum Gasteiger partial charge on any atom is -0.347 e. The maximum Gasteiger partial charge on any atom is 0.229 e. The fourth-order valence-corrected chi connectivity index (χ4v) is 4.95. The van der Waals surface area contributed by atoms with E-state index >= 15 is 0 Å². The van der Waals surface area contributed by atoms with Gasteiger partial charge in [0.05, 0.1) is 21.8 Å². The highest BCUT2D eigenvalue weighted by molar-refractivity contribution is 7.98. The van der Waals surface area contributed by atoms with Gasteiger partial charge in [-0.05, 0) is 49.4 Å². The van der Waals surface area contributed by atoms with Crippen LogP contribution in [0.3, 0.4) is 0 Å². The first kappa shape index (κ1) is 18.3. The summed E-state index contributed by atoms with van der Waals surface area (Å²) in [5.74, 6) is -0.285. The molecular weight excluding hydrogens is 381 g/mol. The molecule has 0 saturated carbocycles. The number of benzene rings is 2. The van der Waals surface area contributed by atoms with Crippen molar-refractivity contribution >= 4 is 50.0 Å². The van der Waals surface area contributed by atoms with Crippen molar-refractivity contribution in [2.45, 2.75) is 17.7 Å². The van der Waals surface area contributed by atoms with E-state index in [9.17, 15) is 9.18 Å². The molecule has 4 nitrogen and oxygen atoms in total. The van der Waals surface area contributed by atoms with Crippen LogP contribution in [0, 0.1) is 11.7 Å². The summed E-state index contributed by atoms with van der Waals surface area (Å²) in [6, 6.07) is 12.5. The maximum absolute atomic E-state index is 13.4. The number of anilines is 2. The number of para-hydroxylation sites is 1. The van der Waals surface area contributed by atoms with Crippen molar-refractivity contribution < 1.29 is 9.18 Å². The molecule has 140 valence electrons. The van der Waals surface area contributed by atoms with E-state index in [0.717, 1.165) is 45.3 Å². The van der Waals surface area contributed by atoms with E-state index in [-0.39, 0.29) is 17.6 Å². The van der Waals surface area contributed by atoms with E-state index in [4.69, 9.17) is 0 Å². The molecule has 27 heavy (non-hydrogen) atoms. The molecule has 1 aliphatic heterocycles. The van der Waals surface area contributed by atoms with Gasteiger partial charge in [-0.1, -0.05) is 23.5 Å². The van der Waals surface area contributed by atoms with Crippen LogP contribution in [-0.2, 0) is 4.79 Å². The first-order chi connectivity index (χ1) is 13.1. The average molecular weight is 402 g/mol. The minimum absolute atomic E-state index is 0.0494. The predicted octanol–water partition coefficient (Wildman–Crippen LogP) is 5.01. The Hall–Kier alpha value is -2.12. The van der Waals surface area contributed by atoms with Crippen LogP contribution in [0.25, 0.3) is 10.2 Å². The van der Waals surface area contributed by atoms with Gasteiger partial charge in [-0.3, -0.25) is 4.79 Å². The molecular formula is C20H20FN3OS2. The average Bonchev–Trinajstić information content (AvgIpc) is 3.11. The minimum atomic E-state index is -0.249. The topological polar surface area (TPSA) is 45.2 Å². The van der Waals surface area contributed by atoms with Crippen LogP contribution < -0.4 is 10.2 Å². The van der Waals surface area contributed by atoms with Crippen molar-refractivity contribution in [1.82, 2.24) is 4.98 Å². The van der Waals surface area contributed by atoms with Crippen molar-refractivity contribution in [1.29, 1.82) is 0 Å². The van der Waals surface area contributed by atoms with E-state index in [0.29, 0.717) is 6.54 Å². The highest BCUT2D eigenvalue weighted by Gasteiger charge is 2.28. The molecule has 2 heterocycles. The van der Waals surface area contributed by atoms with Crippen LogP contribution in [0.4, 0.5) is 15.2 Å². The SMILES string of the molecule is CSc1ccccc1NC(=O)C1CCCN(c2nc3ccc(F)cc3s2)C1. The molecule has 1 aliphatic rings. The van der Waals surface area contributed by atoms with Gasteiger partial charge in [0.2, 0.25) is 5.91 Å². The zero-order chi connectivity index (χ0) is 18.8. The Labute approximate surface area is 165 Å². The lowest BCUT2D eigenvalue weighted by Crippen LogP contribution is -2.40. The Bertz CT molecular complexity index is 975. The zero-order valence-electron chi connectivity index (χ0n) is 14.9. The molecule has 0 aliphatic carbocycles. The zero-order valence-corrected chi connectivity index (χ0v) is 16.6. The summed E-state index contributed by atoms with van der Waals surface area (Å²) >= 11 is 3.10. The van der Waals surface area contributed by atoms with Crippen LogP contribution >= 0.6 is 23.1 Å². The largest absolute Gasteiger partial charge is 0.347 e. The third-order valence-corrected chi connectivity index (χ3v) is 6.64. The van der Waals surface area contributed by atoms with Gasteiger partial charge in [-0.25, -0.2) is 9.37 Å². The van der Waals surface area contributed by atoms with E-state index in [2.05, 4.69) is 15.2 Å². The number of nitrogens with one attached hydrogen (secondary N) is 1. The Balaban J connectivity index is 1.49. The van der Waals surface area contributed by atoms with Gasteiger partial charge in [0.1, 0.15) is 5.82 Å². The van der Waals surface area contributed by atoms with Crippen LogP contribution in [0.5, 0.6) is 0 Å². The number of halogens is 1. The number of amides is 1. The van der Waals surface area contributed by atoms with Crippen molar-refractivity contribution in [2.75, 3.05) is 29.6 Å². The molecule has 1 fully saturated rings. The fraction of sp³-hybridized carbons (Fsp3) is 0.300. The van der Waals surface area contributed by atoms with Gasteiger partial charge in [0.15, 0.2) is 5.13 Å². The molecule has 1 N–H and O–H groups in total. The first-order valence-corrected chi connectivity index (χ1v) is 10.9. The Morgan fingerprint density at radius 2 is 2.19 bits per heavy atom. The van der Waals surface area contributed by atoms with Crippen molar-refractivity contribution in [3.63, 3.8) is 0 Å². The predicted molar refractivity (Wildman–Crippen MR) is 111 cm³/mol. The molecule has 1 aromatic heterocycles. The van der Waals surface area contributed by atoms with Gasteiger partial charge in [-0.2, -0.15) is 0 Å². The lowest BCUT2D eigenvalue weighted by molar-refractivity contribution is -0.120. The van der Waals surface area contributed by atoms with Gasteiger partial charge < -0.3 is 10.2 Å². The van der Waals surface area contributed by atoms with E-state index in [1.165, 1.54) is 23.5 Å². The summed E-state index contributed by atoms with van der Waals surface area (Å²) in [6.07, 6.45) is 3.80. The first-order valence-electron chi connectivity index (χ1n) is 8.89. The van der Waals surface area contributed by atoms with Gasteiger partial charge in [0, 0.05) is 18.0 Å². The fourth-order valence-electron chi connectivity index (χ4n) is 3.37. The number of nitrogens with zero attached hydrogens (tertiary/aromatic N) is 2. The molecule has 7 heteroatoms. The van der Waals surface area contributed by atoms with E-state index in [1.807, 2.05) is 30.5 Å². The molecule has 0 radical (unpaired) electrons. The normalized spacial score (nSPS) is 17.3. The van der Waals surface area contributed by atoms with Gasteiger partial charge in [0.25, 0.3) is 0 Å². The van der Waals surface area contributed by atoms with Crippen LogP contribution in [0.15, 0.2) is 47.4 Å².